The molecule has 0 fully saturated rings. The van der Waals surface area contributed by atoms with Gasteiger partial charge in [0.1, 0.15) is 0 Å². The van der Waals surface area contributed by atoms with E-state index < -0.39 is 0 Å². The molecule has 0 bridgehead atoms. The van der Waals surface area contributed by atoms with Gasteiger partial charge in [-0.1, -0.05) is 13.3 Å². The molecule has 1 aromatic heterocycles. The molecule has 0 amide bonds. The summed E-state index contributed by atoms with van der Waals surface area (Å²) in [6.45, 7) is 4.10. The minimum absolute atomic E-state index is 0.779. The molecule has 0 atom stereocenters. The van der Waals surface area contributed by atoms with Crippen molar-refractivity contribution in [2.45, 2.75) is 39.2 Å². The van der Waals surface area contributed by atoms with Gasteiger partial charge in [0.15, 0.2) is 0 Å². The van der Waals surface area contributed by atoms with Crippen LogP contribution in [0.5, 0.6) is 0 Å². The van der Waals surface area contributed by atoms with Gasteiger partial charge in [-0.15, -0.1) is 11.6 Å². The Morgan fingerprint density at radius 3 is 2.81 bits per heavy atom. The topological polar surface area (TPSA) is 29.9 Å². The maximum Gasteiger partial charge on any atom is 0.0625 e. The highest BCUT2D eigenvalue weighted by molar-refractivity contribution is 6.17. The predicted molar refractivity (Wildman–Crippen MR) is 68.9 cm³/mol. The number of nitrogens with zero attached hydrogens (tertiary/aromatic N) is 2. The molecule has 0 unspecified atom stereocenters. The van der Waals surface area contributed by atoms with Crippen molar-refractivity contribution < 1.29 is 0 Å². The molecule has 0 aliphatic heterocycles. The molecule has 0 aromatic carbocycles. The first-order valence-electron chi connectivity index (χ1n) is 6.06. The van der Waals surface area contributed by atoms with Crippen LogP contribution in [0.25, 0.3) is 0 Å². The molecule has 0 spiro atoms. The molecular weight excluding hydrogens is 222 g/mol. The van der Waals surface area contributed by atoms with E-state index in [0.717, 1.165) is 31.8 Å². The molecule has 0 saturated heterocycles. The second-order valence-electron chi connectivity index (χ2n) is 4.03. The Morgan fingerprint density at radius 1 is 1.38 bits per heavy atom. The first kappa shape index (κ1) is 13.5. The van der Waals surface area contributed by atoms with E-state index in [1.165, 1.54) is 24.2 Å². The summed E-state index contributed by atoms with van der Waals surface area (Å²) < 4.78 is 1.96. The largest absolute Gasteiger partial charge is 0.311 e. The maximum atomic E-state index is 5.62. The summed E-state index contributed by atoms with van der Waals surface area (Å²) in [7, 11) is 2.00. The van der Waals surface area contributed by atoms with E-state index in [9.17, 15) is 0 Å². The third-order valence-electron chi connectivity index (χ3n) is 2.68. The lowest BCUT2D eigenvalue weighted by atomic mass is 10.2. The van der Waals surface area contributed by atoms with Crippen molar-refractivity contribution in [3.63, 3.8) is 0 Å². The quantitative estimate of drug-likeness (QED) is 0.562. The zero-order valence-electron chi connectivity index (χ0n) is 10.3. The van der Waals surface area contributed by atoms with E-state index in [-0.39, 0.29) is 0 Å². The van der Waals surface area contributed by atoms with E-state index in [1.54, 1.807) is 0 Å². The minimum atomic E-state index is 0.779. The van der Waals surface area contributed by atoms with Gasteiger partial charge in [0.05, 0.1) is 11.4 Å². The number of aromatic nitrogens is 2. The Bertz CT molecular complexity index is 296. The van der Waals surface area contributed by atoms with E-state index in [2.05, 4.69) is 23.4 Å². The fourth-order valence-corrected chi connectivity index (χ4v) is 1.84. The predicted octanol–water partition coefficient (Wildman–Crippen LogP) is 2.48. The second-order valence-corrected chi connectivity index (χ2v) is 4.41. The SMILES string of the molecule is CCc1cc(CNCCCCCCl)n(C)n1. The van der Waals surface area contributed by atoms with Crippen LogP contribution in [0.4, 0.5) is 0 Å². The Kier molecular flexibility index (Phi) is 6.50. The number of halogens is 1. The molecule has 1 aromatic rings. The second kappa shape index (κ2) is 7.69. The van der Waals surface area contributed by atoms with Gasteiger partial charge in [-0.3, -0.25) is 4.68 Å². The molecule has 3 nitrogen and oxygen atoms in total. The summed E-state index contributed by atoms with van der Waals surface area (Å²) in [6.07, 6.45) is 4.53. The van der Waals surface area contributed by atoms with Crippen LogP contribution in [0.1, 0.15) is 37.6 Å². The van der Waals surface area contributed by atoms with Gasteiger partial charge in [-0.2, -0.15) is 5.10 Å². The van der Waals surface area contributed by atoms with Crippen molar-refractivity contribution in [2.75, 3.05) is 12.4 Å². The summed E-state index contributed by atoms with van der Waals surface area (Å²) in [5, 5.41) is 7.85. The molecule has 4 heteroatoms. The van der Waals surface area contributed by atoms with Crippen molar-refractivity contribution in [2.24, 2.45) is 7.05 Å². The first-order chi connectivity index (χ1) is 7.77. The molecule has 0 saturated carbocycles. The normalized spacial score (nSPS) is 10.9. The van der Waals surface area contributed by atoms with Crippen LogP contribution in [0.3, 0.4) is 0 Å². The average Bonchev–Trinajstić information content (AvgIpc) is 2.65. The van der Waals surface area contributed by atoms with Crippen LogP contribution in [0.2, 0.25) is 0 Å². The van der Waals surface area contributed by atoms with Crippen molar-refractivity contribution in [1.82, 2.24) is 15.1 Å². The van der Waals surface area contributed by atoms with Gasteiger partial charge in [-0.25, -0.2) is 0 Å². The maximum absolute atomic E-state index is 5.62. The van der Waals surface area contributed by atoms with Crippen LogP contribution in [-0.2, 0) is 20.0 Å². The molecule has 16 heavy (non-hydrogen) atoms. The van der Waals surface area contributed by atoms with Gasteiger partial charge >= 0.3 is 0 Å². The smallest absolute Gasteiger partial charge is 0.0625 e. The lowest BCUT2D eigenvalue weighted by Gasteiger charge is -2.04. The lowest BCUT2D eigenvalue weighted by Crippen LogP contribution is -2.16. The van der Waals surface area contributed by atoms with Gasteiger partial charge in [0.2, 0.25) is 0 Å². The van der Waals surface area contributed by atoms with E-state index >= 15 is 0 Å². The summed E-state index contributed by atoms with van der Waals surface area (Å²) >= 11 is 5.62. The summed E-state index contributed by atoms with van der Waals surface area (Å²) in [5.74, 6) is 0.779. The van der Waals surface area contributed by atoms with Crippen LogP contribution in [0, 0.1) is 0 Å². The average molecular weight is 244 g/mol. The first-order valence-corrected chi connectivity index (χ1v) is 6.59. The molecule has 0 radical (unpaired) electrons. The molecule has 0 aliphatic carbocycles. The van der Waals surface area contributed by atoms with Gasteiger partial charge in [0, 0.05) is 19.5 Å². The highest BCUT2D eigenvalue weighted by Gasteiger charge is 2.02. The number of alkyl halides is 1. The van der Waals surface area contributed by atoms with Crippen LogP contribution < -0.4 is 5.32 Å². The minimum Gasteiger partial charge on any atom is -0.311 e. The standard InChI is InChI=1S/C12H22ClN3/c1-3-11-9-12(16(2)15-11)10-14-8-6-4-5-7-13/h9,14H,3-8,10H2,1-2H3. The van der Waals surface area contributed by atoms with Crippen molar-refractivity contribution in [1.29, 1.82) is 0 Å². The fraction of sp³-hybridized carbons (Fsp3) is 0.750. The zero-order chi connectivity index (χ0) is 11.8. The summed E-state index contributed by atoms with van der Waals surface area (Å²) in [6, 6.07) is 2.17. The Labute approximate surface area is 103 Å². The number of aryl methyl sites for hydroxylation is 2. The van der Waals surface area contributed by atoms with Gasteiger partial charge in [0.25, 0.3) is 0 Å². The lowest BCUT2D eigenvalue weighted by molar-refractivity contribution is 0.588. The highest BCUT2D eigenvalue weighted by Crippen LogP contribution is 2.03. The molecule has 1 rings (SSSR count). The molecule has 92 valence electrons. The van der Waals surface area contributed by atoms with Gasteiger partial charge in [-0.05, 0) is 31.9 Å². The molecule has 1 heterocycles. The molecule has 0 aliphatic rings. The molecule has 1 N–H and O–H groups in total. The highest BCUT2D eigenvalue weighted by atomic mass is 35.5. The number of unbranched alkanes of at least 4 members (excludes halogenated alkanes) is 2. The summed E-state index contributed by atoms with van der Waals surface area (Å²) in [4.78, 5) is 0. The van der Waals surface area contributed by atoms with Crippen LogP contribution in [0.15, 0.2) is 6.07 Å². The third-order valence-corrected chi connectivity index (χ3v) is 2.95. The molecular formula is C12H22ClN3. The van der Waals surface area contributed by atoms with Gasteiger partial charge < -0.3 is 5.32 Å². The van der Waals surface area contributed by atoms with Crippen LogP contribution in [-0.4, -0.2) is 22.2 Å². The zero-order valence-corrected chi connectivity index (χ0v) is 11.1. The third kappa shape index (κ3) is 4.54. The monoisotopic (exact) mass is 243 g/mol. The Hall–Kier alpha value is -0.540. The number of rotatable bonds is 8. The van der Waals surface area contributed by atoms with Crippen molar-refractivity contribution in [3.8, 4) is 0 Å². The Balaban J connectivity index is 2.18. The fourth-order valence-electron chi connectivity index (χ4n) is 1.65. The van der Waals surface area contributed by atoms with Crippen molar-refractivity contribution >= 4 is 11.6 Å². The van der Waals surface area contributed by atoms with E-state index in [1.807, 2.05) is 11.7 Å². The number of nitrogens with one attached hydrogen (secondary N) is 1. The number of hydrogen-bond donors (Lipinski definition) is 1. The van der Waals surface area contributed by atoms with Crippen LogP contribution >= 0.6 is 11.6 Å². The number of hydrogen-bond acceptors (Lipinski definition) is 2. The Morgan fingerprint density at radius 2 is 2.19 bits per heavy atom. The van der Waals surface area contributed by atoms with E-state index in [0.29, 0.717) is 0 Å². The van der Waals surface area contributed by atoms with Crippen molar-refractivity contribution in [3.05, 3.63) is 17.5 Å². The van der Waals surface area contributed by atoms with E-state index in [4.69, 9.17) is 11.6 Å². The summed E-state index contributed by atoms with van der Waals surface area (Å²) in [5.41, 5.74) is 2.43.